The summed E-state index contributed by atoms with van der Waals surface area (Å²) in [7, 11) is 1.67. The van der Waals surface area contributed by atoms with E-state index in [9.17, 15) is 22.8 Å². The summed E-state index contributed by atoms with van der Waals surface area (Å²) in [4.78, 5) is 32.3. The molecule has 0 aliphatic carbocycles. The summed E-state index contributed by atoms with van der Waals surface area (Å²) in [6.07, 6.45) is 5.01. The van der Waals surface area contributed by atoms with Gasteiger partial charge in [-0.3, -0.25) is 14.7 Å². The van der Waals surface area contributed by atoms with Crippen LogP contribution in [0, 0.1) is 17.5 Å². The van der Waals surface area contributed by atoms with E-state index < -0.39 is 17.2 Å². The van der Waals surface area contributed by atoms with Crippen LogP contribution in [0.5, 0.6) is 0 Å². The highest BCUT2D eigenvalue weighted by atomic mass is 32.2. The Morgan fingerprint density at radius 3 is 2.37 bits per heavy atom. The lowest BCUT2D eigenvalue weighted by molar-refractivity contribution is -0.131. The number of likely N-dealkylation sites (N-methyl/N-ethyl adjacent to an activating group) is 1. The first-order chi connectivity index (χ1) is 20.7. The molecule has 0 radical (unpaired) electrons. The van der Waals surface area contributed by atoms with Crippen molar-refractivity contribution in [1.82, 2.24) is 24.6 Å². The summed E-state index contributed by atoms with van der Waals surface area (Å²) in [5, 5.41) is 7.09. The predicted molar refractivity (Wildman–Crippen MR) is 159 cm³/mol. The van der Waals surface area contributed by atoms with Gasteiger partial charge in [-0.25, -0.2) is 13.2 Å². The molecule has 0 aliphatic rings. The number of hydrogen-bond donors (Lipinski definition) is 1. The molecule has 0 saturated heterocycles. The first-order valence-electron chi connectivity index (χ1n) is 13.4. The maximum absolute atomic E-state index is 14.2. The van der Waals surface area contributed by atoms with E-state index in [4.69, 9.17) is 0 Å². The third-order valence-corrected chi connectivity index (χ3v) is 8.16. The van der Waals surface area contributed by atoms with Gasteiger partial charge in [-0.1, -0.05) is 55.1 Å². The molecule has 0 spiro atoms. The van der Waals surface area contributed by atoms with Crippen LogP contribution >= 0.6 is 11.8 Å². The second-order valence-corrected chi connectivity index (χ2v) is 11.1. The Balaban J connectivity index is 1.34. The number of H-pyrrole nitrogens is 1. The molecule has 2 heterocycles. The van der Waals surface area contributed by atoms with Crippen LogP contribution in [0.4, 0.5) is 13.2 Å². The van der Waals surface area contributed by atoms with E-state index in [0.717, 1.165) is 22.8 Å². The Kier molecular flexibility index (Phi) is 9.10. The number of carbonyl (C=O) groups excluding carboxylic acids is 1. The van der Waals surface area contributed by atoms with E-state index >= 15 is 0 Å². The van der Waals surface area contributed by atoms with Crippen LogP contribution in [0.1, 0.15) is 35.1 Å². The van der Waals surface area contributed by atoms with E-state index in [1.807, 2.05) is 6.92 Å². The van der Waals surface area contributed by atoms with Gasteiger partial charge in [0.25, 0.3) is 5.56 Å². The zero-order valence-electron chi connectivity index (χ0n) is 23.4. The fourth-order valence-corrected chi connectivity index (χ4v) is 5.49. The van der Waals surface area contributed by atoms with Crippen molar-refractivity contribution in [3.63, 3.8) is 0 Å². The number of aromatic amines is 1. The van der Waals surface area contributed by atoms with Gasteiger partial charge in [0.1, 0.15) is 24.0 Å². The average Bonchev–Trinajstić information content (AvgIpc) is 3.53. The van der Waals surface area contributed by atoms with Crippen molar-refractivity contribution in [3.05, 3.63) is 135 Å². The SMILES string of the molecule is CC(c1cn[nH]c1)c1cn(CC(=O)N(C)Cc2ccc(-c3ccc(F)cc3F)cc2)c(SCc2ccc(F)cc2)nc1=O. The second-order valence-electron chi connectivity index (χ2n) is 10.2. The molecule has 5 aromatic rings. The number of benzene rings is 3. The number of thioether (sulfide) groups is 1. The molecule has 220 valence electrons. The number of halogens is 3. The standard InChI is InChI=1S/C32H28F3N5O2S/c1-20(24-14-36-37-15-24)28-17-40(32(38-31(28)42)43-19-22-5-9-25(33)10-6-22)18-30(41)39(2)16-21-3-7-23(8-4-21)27-12-11-26(34)13-29(27)35/h3-15,17,20H,16,18-19H2,1-2H3,(H,36,37). The Labute approximate surface area is 250 Å². The van der Waals surface area contributed by atoms with Crippen LogP contribution < -0.4 is 5.56 Å². The second kappa shape index (κ2) is 13.1. The Bertz CT molecular complexity index is 1780. The first-order valence-corrected chi connectivity index (χ1v) is 14.4. The fourth-order valence-electron chi connectivity index (χ4n) is 4.57. The van der Waals surface area contributed by atoms with Crippen LogP contribution in [-0.2, 0) is 23.6 Å². The number of amides is 1. The molecule has 0 fully saturated rings. The maximum Gasteiger partial charge on any atom is 0.277 e. The van der Waals surface area contributed by atoms with Crippen molar-refractivity contribution in [3.8, 4) is 11.1 Å². The van der Waals surface area contributed by atoms with E-state index in [0.29, 0.717) is 22.0 Å². The molecule has 3 aromatic carbocycles. The maximum atomic E-state index is 14.2. The summed E-state index contributed by atoms with van der Waals surface area (Å²) < 4.78 is 42.5. The van der Waals surface area contributed by atoms with Gasteiger partial charge in [-0.2, -0.15) is 10.1 Å². The molecule has 2 aromatic heterocycles. The van der Waals surface area contributed by atoms with Gasteiger partial charge in [-0.15, -0.1) is 0 Å². The third kappa shape index (κ3) is 7.23. The lowest BCUT2D eigenvalue weighted by Crippen LogP contribution is -2.31. The molecule has 1 amide bonds. The van der Waals surface area contributed by atoms with Crippen molar-refractivity contribution in [2.45, 2.75) is 36.8 Å². The predicted octanol–water partition coefficient (Wildman–Crippen LogP) is 6.15. The van der Waals surface area contributed by atoms with Crippen molar-refractivity contribution in [1.29, 1.82) is 0 Å². The van der Waals surface area contributed by atoms with Gasteiger partial charge in [0.2, 0.25) is 5.91 Å². The number of nitrogens with zero attached hydrogens (tertiary/aromatic N) is 4. The minimum atomic E-state index is -0.649. The molecule has 1 N–H and O–H groups in total. The third-order valence-electron chi connectivity index (χ3n) is 7.10. The quantitative estimate of drug-likeness (QED) is 0.153. The molecule has 0 aliphatic heterocycles. The molecule has 11 heteroatoms. The van der Waals surface area contributed by atoms with Gasteiger partial charge in [-0.05, 0) is 46.5 Å². The normalized spacial score (nSPS) is 11.8. The molecule has 1 atom stereocenters. The van der Waals surface area contributed by atoms with Gasteiger partial charge < -0.3 is 9.47 Å². The average molecular weight is 604 g/mol. The molecule has 0 saturated carbocycles. The van der Waals surface area contributed by atoms with Crippen LogP contribution in [0.25, 0.3) is 11.1 Å². The van der Waals surface area contributed by atoms with Crippen molar-refractivity contribution in [2.24, 2.45) is 0 Å². The number of nitrogens with one attached hydrogen (secondary N) is 1. The smallest absolute Gasteiger partial charge is 0.277 e. The number of rotatable bonds is 10. The van der Waals surface area contributed by atoms with Crippen LogP contribution in [0.2, 0.25) is 0 Å². The topological polar surface area (TPSA) is 83.9 Å². The Hall–Kier alpha value is -4.64. The van der Waals surface area contributed by atoms with Gasteiger partial charge >= 0.3 is 0 Å². The number of aromatic nitrogens is 4. The monoisotopic (exact) mass is 603 g/mol. The lowest BCUT2D eigenvalue weighted by atomic mass is 9.98. The summed E-state index contributed by atoms with van der Waals surface area (Å²) >= 11 is 1.28. The largest absolute Gasteiger partial charge is 0.340 e. The number of carbonyl (C=O) groups is 1. The molecule has 43 heavy (non-hydrogen) atoms. The van der Waals surface area contributed by atoms with Crippen molar-refractivity contribution in [2.75, 3.05) is 7.05 Å². The van der Waals surface area contributed by atoms with Gasteiger partial charge in [0, 0.05) is 54.9 Å². The molecule has 5 rings (SSSR count). The lowest BCUT2D eigenvalue weighted by Gasteiger charge is -2.21. The highest BCUT2D eigenvalue weighted by molar-refractivity contribution is 7.98. The summed E-state index contributed by atoms with van der Waals surface area (Å²) in [6, 6.07) is 16.5. The van der Waals surface area contributed by atoms with Crippen LogP contribution in [-0.4, -0.2) is 37.6 Å². The van der Waals surface area contributed by atoms with E-state index in [-0.39, 0.29) is 36.3 Å². The molecule has 0 bridgehead atoms. The van der Waals surface area contributed by atoms with Crippen LogP contribution in [0.3, 0.4) is 0 Å². The van der Waals surface area contributed by atoms with Crippen molar-refractivity contribution < 1.29 is 18.0 Å². The number of hydrogen-bond acceptors (Lipinski definition) is 5. The van der Waals surface area contributed by atoms with E-state index in [2.05, 4.69) is 15.2 Å². The summed E-state index contributed by atoms with van der Waals surface area (Å²) in [5.74, 6) is -1.73. The Morgan fingerprint density at radius 2 is 1.70 bits per heavy atom. The summed E-state index contributed by atoms with van der Waals surface area (Å²) in [5.41, 5.74) is 3.38. The van der Waals surface area contributed by atoms with Gasteiger partial charge in [0.05, 0.1) is 6.20 Å². The summed E-state index contributed by atoms with van der Waals surface area (Å²) in [6.45, 7) is 2.09. The zero-order chi connectivity index (χ0) is 30.5. The molecular weight excluding hydrogens is 575 g/mol. The minimum Gasteiger partial charge on any atom is -0.340 e. The molecular formula is C32H28F3N5O2S. The minimum absolute atomic E-state index is 0.0699. The van der Waals surface area contributed by atoms with E-state index in [1.54, 1.807) is 71.5 Å². The van der Waals surface area contributed by atoms with E-state index in [1.165, 1.54) is 36.0 Å². The fraction of sp³-hybridized carbons (Fsp3) is 0.188. The van der Waals surface area contributed by atoms with Gasteiger partial charge in [0.15, 0.2) is 5.16 Å². The highest BCUT2D eigenvalue weighted by Crippen LogP contribution is 2.26. The first kappa shape index (κ1) is 29.8. The zero-order valence-corrected chi connectivity index (χ0v) is 24.2. The van der Waals surface area contributed by atoms with Crippen molar-refractivity contribution >= 4 is 17.7 Å². The molecule has 1 unspecified atom stereocenters. The molecule has 7 nitrogen and oxygen atoms in total. The van der Waals surface area contributed by atoms with Crippen LogP contribution in [0.15, 0.2) is 95.3 Å². The highest BCUT2D eigenvalue weighted by Gasteiger charge is 2.20. The Morgan fingerprint density at radius 1 is 1.00 bits per heavy atom.